The van der Waals surface area contributed by atoms with E-state index >= 15 is 0 Å². The summed E-state index contributed by atoms with van der Waals surface area (Å²) in [5.74, 6) is 0.816. The molecule has 8 heteroatoms. The van der Waals surface area contributed by atoms with Crippen molar-refractivity contribution in [2.75, 3.05) is 19.5 Å². The Balaban J connectivity index is 1.78. The Morgan fingerprint density at radius 3 is 2.43 bits per heavy atom. The van der Waals surface area contributed by atoms with Gasteiger partial charge < -0.3 is 14.8 Å². The van der Waals surface area contributed by atoms with Gasteiger partial charge in [-0.3, -0.25) is 4.79 Å². The quantitative estimate of drug-likeness (QED) is 0.705. The number of hydrogen-bond donors (Lipinski definition) is 2. The van der Waals surface area contributed by atoms with E-state index in [1.165, 1.54) is 25.3 Å². The number of sulfonamides is 1. The Labute approximate surface area is 165 Å². The molecule has 3 rings (SSSR count). The van der Waals surface area contributed by atoms with Crippen LogP contribution in [-0.4, -0.2) is 34.6 Å². The molecule has 2 aromatic rings. The highest BCUT2D eigenvalue weighted by molar-refractivity contribution is 7.89. The molecule has 2 N–H and O–H groups in total. The molecule has 0 radical (unpaired) electrons. The number of hydrogen-bond acceptors (Lipinski definition) is 5. The average molecular weight is 404 g/mol. The molecule has 0 aliphatic heterocycles. The van der Waals surface area contributed by atoms with Gasteiger partial charge in [-0.2, -0.15) is 0 Å². The molecule has 1 amide bonds. The Morgan fingerprint density at radius 2 is 1.79 bits per heavy atom. The molecule has 7 nitrogen and oxygen atoms in total. The van der Waals surface area contributed by atoms with Crippen molar-refractivity contribution in [2.24, 2.45) is 0 Å². The molecular weight excluding hydrogens is 380 g/mol. The number of rotatable bonds is 8. The normalized spacial score (nSPS) is 13.8. The number of anilines is 1. The van der Waals surface area contributed by atoms with Gasteiger partial charge in [-0.25, -0.2) is 13.1 Å². The Hall–Kier alpha value is -2.58. The van der Waals surface area contributed by atoms with Gasteiger partial charge in [0.1, 0.15) is 11.5 Å². The van der Waals surface area contributed by atoms with E-state index in [-0.39, 0.29) is 23.3 Å². The molecule has 0 atom stereocenters. The lowest BCUT2D eigenvalue weighted by Crippen LogP contribution is -2.26. The minimum Gasteiger partial charge on any atom is -0.496 e. The van der Waals surface area contributed by atoms with Crippen LogP contribution in [0.2, 0.25) is 0 Å². The van der Waals surface area contributed by atoms with Crippen LogP contribution in [0.1, 0.15) is 24.0 Å². The molecule has 1 fully saturated rings. The number of aryl methyl sites for hydroxylation is 1. The van der Waals surface area contributed by atoms with E-state index in [9.17, 15) is 13.2 Å². The van der Waals surface area contributed by atoms with Crippen LogP contribution in [0, 0.1) is 6.92 Å². The predicted molar refractivity (Wildman–Crippen MR) is 106 cm³/mol. The number of nitrogens with one attached hydrogen (secondary N) is 2. The van der Waals surface area contributed by atoms with Crippen LogP contribution >= 0.6 is 0 Å². The van der Waals surface area contributed by atoms with Gasteiger partial charge in [-0.1, -0.05) is 12.1 Å². The number of benzene rings is 2. The third-order valence-electron chi connectivity index (χ3n) is 4.49. The topological polar surface area (TPSA) is 93.7 Å². The molecular formula is C20H24N2O5S. The van der Waals surface area contributed by atoms with Crippen molar-refractivity contribution in [3.8, 4) is 11.5 Å². The highest BCUT2D eigenvalue weighted by Gasteiger charge is 2.28. The number of ether oxygens (including phenoxy) is 2. The highest BCUT2D eigenvalue weighted by Crippen LogP contribution is 2.29. The molecule has 2 aromatic carbocycles. The molecule has 0 heterocycles. The average Bonchev–Trinajstić information content (AvgIpc) is 3.46. The van der Waals surface area contributed by atoms with Gasteiger partial charge in [-0.15, -0.1) is 0 Å². The second kappa shape index (κ2) is 8.20. The molecule has 1 saturated carbocycles. The first-order valence-electron chi connectivity index (χ1n) is 8.96. The van der Waals surface area contributed by atoms with Crippen molar-refractivity contribution in [3.63, 3.8) is 0 Å². The number of carbonyl (C=O) groups excluding carboxylic acids is 1. The summed E-state index contributed by atoms with van der Waals surface area (Å²) in [6.45, 7) is 1.93. The summed E-state index contributed by atoms with van der Waals surface area (Å²) >= 11 is 0. The molecule has 0 bridgehead atoms. The maximum absolute atomic E-state index is 12.5. The smallest absolute Gasteiger partial charge is 0.240 e. The number of carbonyl (C=O) groups is 1. The summed E-state index contributed by atoms with van der Waals surface area (Å²) in [5.41, 5.74) is 2.08. The van der Waals surface area contributed by atoms with Gasteiger partial charge in [0, 0.05) is 6.04 Å². The third kappa shape index (κ3) is 4.82. The molecule has 28 heavy (non-hydrogen) atoms. The zero-order valence-corrected chi connectivity index (χ0v) is 16.9. The van der Waals surface area contributed by atoms with E-state index in [0.29, 0.717) is 17.2 Å². The number of amides is 1. The zero-order chi connectivity index (χ0) is 20.3. The van der Waals surface area contributed by atoms with Crippen molar-refractivity contribution in [1.82, 2.24) is 4.72 Å². The summed E-state index contributed by atoms with van der Waals surface area (Å²) in [4.78, 5) is 12.6. The summed E-state index contributed by atoms with van der Waals surface area (Å²) in [6.07, 6.45) is 1.81. The van der Waals surface area contributed by atoms with Crippen LogP contribution in [0.4, 0.5) is 5.69 Å². The highest BCUT2D eigenvalue weighted by atomic mass is 32.2. The van der Waals surface area contributed by atoms with Crippen molar-refractivity contribution in [2.45, 2.75) is 37.1 Å². The first kappa shape index (κ1) is 20.2. The van der Waals surface area contributed by atoms with Crippen LogP contribution in [0.5, 0.6) is 11.5 Å². The molecule has 150 valence electrons. The van der Waals surface area contributed by atoms with E-state index < -0.39 is 10.0 Å². The SMILES string of the molecule is COc1cc(CC(=O)Nc2cc(S(=O)(=O)NC3CC3)ccc2OC)ccc1C. The van der Waals surface area contributed by atoms with Crippen LogP contribution in [0.25, 0.3) is 0 Å². The monoisotopic (exact) mass is 404 g/mol. The first-order valence-corrected chi connectivity index (χ1v) is 10.4. The molecule has 0 spiro atoms. The summed E-state index contributed by atoms with van der Waals surface area (Å²) in [7, 11) is -0.580. The fraction of sp³-hybridized carbons (Fsp3) is 0.350. The van der Waals surface area contributed by atoms with Crippen molar-refractivity contribution >= 4 is 21.6 Å². The first-order chi connectivity index (χ1) is 13.3. The lowest BCUT2D eigenvalue weighted by atomic mass is 10.1. The predicted octanol–water partition coefficient (Wildman–Crippen LogP) is 2.63. The molecule has 0 saturated heterocycles. The summed E-state index contributed by atoms with van der Waals surface area (Å²) < 4.78 is 38.0. The van der Waals surface area contributed by atoms with E-state index in [2.05, 4.69) is 10.0 Å². The zero-order valence-electron chi connectivity index (χ0n) is 16.1. The van der Waals surface area contributed by atoms with Crippen LogP contribution in [0.3, 0.4) is 0 Å². The Morgan fingerprint density at radius 1 is 1.07 bits per heavy atom. The van der Waals surface area contributed by atoms with Crippen LogP contribution in [0.15, 0.2) is 41.3 Å². The lowest BCUT2D eigenvalue weighted by molar-refractivity contribution is -0.115. The van der Waals surface area contributed by atoms with E-state index in [4.69, 9.17) is 9.47 Å². The second-order valence-electron chi connectivity index (χ2n) is 6.79. The summed E-state index contributed by atoms with van der Waals surface area (Å²) in [5, 5.41) is 2.75. The van der Waals surface area contributed by atoms with Gasteiger partial charge in [0.25, 0.3) is 0 Å². The minimum atomic E-state index is -3.63. The van der Waals surface area contributed by atoms with Gasteiger partial charge in [0.2, 0.25) is 15.9 Å². The Kier molecular flexibility index (Phi) is 5.90. The van der Waals surface area contributed by atoms with Crippen LogP contribution < -0.4 is 19.5 Å². The van der Waals surface area contributed by atoms with Crippen molar-refractivity contribution in [1.29, 1.82) is 0 Å². The Bertz CT molecular complexity index is 984. The van der Waals surface area contributed by atoms with Gasteiger partial charge >= 0.3 is 0 Å². The minimum absolute atomic E-state index is 0.00154. The van der Waals surface area contributed by atoms with Gasteiger partial charge in [0.15, 0.2) is 0 Å². The molecule has 1 aliphatic rings. The second-order valence-corrected chi connectivity index (χ2v) is 8.50. The maximum atomic E-state index is 12.5. The number of methoxy groups -OCH3 is 2. The van der Waals surface area contributed by atoms with E-state index in [0.717, 1.165) is 24.0 Å². The molecule has 0 unspecified atom stereocenters. The van der Waals surface area contributed by atoms with E-state index in [1.807, 2.05) is 25.1 Å². The fourth-order valence-corrected chi connectivity index (χ4v) is 4.13. The van der Waals surface area contributed by atoms with Crippen molar-refractivity contribution in [3.05, 3.63) is 47.5 Å². The standard InChI is InChI=1S/C20H24N2O5S/c1-13-4-5-14(10-19(13)27-3)11-20(23)21-17-12-16(8-9-18(17)26-2)28(24,25)22-15-6-7-15/h4-5,8-10,12,15,22H,6-7,11H2,1-3H3,(H,21,23). The maximum Gasteiger partial charge on any atom is 0.240 e. The fourth-order valence-electron chi connectivity index (χ4n) is 2.79. The van der Waals surface area contributed by atoms with Gasteiger partial charge in [-0.05, 0) is 55.2 Å². The van der Waals surface area contributed by atoms with E-state index in [1.54, 1.807) is 7.11 Å². The van der Waals surface area contributed by atoms with Crippen molar-refractivity contribution < 1.29 is 22.7 Å². The lowest BCUT2D eigenvalue weighted by Gasteiger charge is -2.13. The van der Waals surface area contributed by atoms with Crippen LogP contribution in [-0.2, 0) is 21.2 Å². The molecule has 1 aliphatic carbocycles. The molecule has 0 aromatic heterocycles. The third-order valence-corrected chi connectivity index (χ3v) is 6.01. The largest absolute Gasteiger partial charge is 0.496 e. The van der Waals surface area contributed by atoms with Gasteiger partial charge in [0.05, 0.1) is 31.2 Å². The summed E-state index contributed by atoms with van der Waals surface area (Å²) in [6, 6.07) is 9.97.